The summed E-state index contributed by atoms with van der Waals surface area (Å²) in [6.45, 7) is 0.958. The summed E-state index contributed by atoms with van der Waals surface area (Å²) in [6, 6.07) is 8.59. The average molecular weight is 330 g/mol. The third-order valence-electron chi connectivity index (χ3n) is 2.83. The summed E-state index contributed by atoms with van der Waals surface area (Å²) in [7, 11) is -3.70. The average Bonchev–Trinajstić information content (AvgIpc) is 2.78. The van der Waals surface area contributed by atoms with Crippen molar-refractivity contribution in [1.82, 2.24) is 10.0 Å². The maximum atomic E-state index is 12.3. The SMILES string of the molecule is N#C[C@@]1(NS(=O)(=O)c2ccccc2Br)CCNC1. The standard InChI is InChI=1S/C11H12BrN3O2S/c12-9-3-1-2-4-10(9)18(16,17)15-11(7-13)5-6-14-8-11/h1-4,14-15H,5-6,8H2/t11-/m0/s1. The Kier molecular flexibility index (Phi) is 3.73. The molecule has 0 bridgehead atoms. The lowest BCUT2D eigenvalue weighted by atomic mass is 10.0. The second-order valence-corrected chi connectivity index (χ2v) is 6.66. The molecule has 0 aromatic heterocycles. The van der Waals surface area contributed by atoms with E-state index in [0.717, 1.165) is 0 Å². The summed E-state index contributed by atoms with van der Waals surface area (Å²) in [5.74, 6) is 0. The molecule has 2 N–H and O–H groups in total. The first-order valence-electron chi connectivity index (χ1n) is 5.40. The van der Waals surface area contributed by atoms with Gasteiger partial charge in [0.05, 0.1) is 11.0 Å². The molecule has 1 aromatic rings. The maximum Gasteiger partial charge on any atom is 0.243 e. The highest BCUT2D eigenvalue weighted by molar-refractivity contribution is 9.10. The van der Waals surface area contributed by atoms with Gasteiger partial charge in [-0.05, 0) is 41.0 Å². The van der Waals surface area contributed by atoms with Gasteiger partial charge in [-0.3, -0.25) is 0 Å². The van der Waals surface area contributed by atoms with Crippen molar-refractivity contribution in [3.8, 4) is 6.07 Å². The second kappa shape index (κ2) is 4.97. The topological polar surface area (TPSA) is 82.0 Å². The van der Waals surface area contributed by atoms with Crippen LogP contribution in [-0.2, 0) is 10.0 Å². The first-order valence-corrected chi connectivity index (χ1v) is 7.67. The van der Waals surface area contributed by atoms with Gasteiger partial charge in [-0.25, -0.2) is 8.42 Å². The van der Waals surface area contributed by atoms with Crippen molar-refractivity contribution in [2.24, 2.45) is 0 Å². The number of nitrogens with one attached hydrogen (secondary N) is 2. The van der Waals surface area contributed by atoms with Gasteiger partial charge in [-0.2, -0.15) is 9.98 Å². The van der Waals surface area contributed by atoms with Crippen molar-refractivity contribution in [3.63, 3.8) is 0 Å². The minimum Gasteiger partial charge on any atom is -0.314 e. The van der Waals surface area contributed by atoms with E-state index in [0.29, 0.717) is 24.0 Å². The zero-order valence-corrected chi connectivity index (χ0v) is 11.9. The molecule has 1 aromatic carbocycles. The highest BCUT2D eigenvalue weighted by Gasteiger charge is 2.38. The molecule has 1 saturated heterocycles. The van der Waals surface area contributed by atoms with E-state index < -0.39 is 15.6 Å². The van der Waals surface area contributed by atoms with Gasteiger partial charge in [0.25, 0.3) is 0 Å². The molecule has 96 valence electrons. The molecule has 1 heterocycles. The second-order valence-electron chi connectivity index (χ2n) is 4.16. The highest BCUT2D eigenvalue weighted by Crippen LogP contribution is 2.24. The van der Waals surface area contributed by atoms with Crippen LogP contribution in [0.3, 0.4) is 0 Å². The van der Waals surface area contributed by atoms with Crippen LogP contribution in [0.25, 0.3) is 0 Å². The van der Waals surface area contributed by atoms with Crippen molar-refractivity contribution >= 4 is 26.0 Å². The Morgan fingerprint density at radius 2 is 2.17 bits per heavy atom. The van der Waals surface area contributed by atoms with Crippen molar-refractivity contribution in [2.45, 2.75) is 16.9 Å². The Labute approximate surface area is 114 Å². The van der Waals surface area contributed by atoms with Crippen LogP contribution < -0.4 is 10.0 Å². The lowest BCUT2D eigenvalue weighted by Gasteiger charge is -2.21. The summed E-state index contributed by atoms with van der Waals surface area (Å²) in [5, 5.41) is 12.2. The van der Waals surface area contributed by atoms with Gasteiger partial charge >= 0.3 is 0 Å². The Bertz CT molecular complexity index is 589. The molecule has 0 aliphatic carbocycles. The fraction of sp³-hybridized carbons (Fsp3) is 0.364. The van der Waals surface area contributed by atoms with E-state index in [4.69, 9.17) is 5.26 Å². The van der Waals surface area contributed by atoms with Gasteiger partial charge in [0.2, 0.25) is 10.0 Å². The molecule has 1 fully saturated rings. The third kappa shape index (κ3) is 2.57. The van der Waals surface area contributed by atoms with E-state index in [9.17, 15) is 8.42 Å². The number of rotatable bonds is 3. The van der Waals surface area contributed by atoms with Gasteiger partial charge in [-0.15, -0.1) is 0 Å². The number of halogens is 1. The minimum atomic E-state index is -3.70. The van der Waals surface area contributed by atoms with Crippen LogP contribution in [-0.4, -0.2) is 27.0 Å². The summed E-state index contributed by atoms with van der Waals surface area (Å²) < 4.78 is 27.5. The van der Waals surface area contributed by atoms with Gasteiger partial charge < -0.3 is 5.32 Å². The smallest absolute Gasteiger partial charge is 0.243 e. The van der Waals surface area contributed by atoms with Crippen LogP contribution in [0.5, 0.6) is 0 Å². The predicted octanol–water partition coefficient (Wildman–Crippen LogP) is 0.983. The Morgan fingerprint density at radius 3 is 2.72 bits per heavy atom. The number of hydrogen-bond donors (Lipinski definition) is 2. The van der Waals surface area contributed by atoms with Crippen LogP contribution in [0, 0.1) is 11.3 Å². The molecule has 1 aliphatic rings. The molecule has 0 spiro atoms. The van der Waals surface area contributed by atoms with Crippen LogP contribution >= 0.6 is 15.9 Å². The quantitative estimate of drug-likeness (QED) is 0.866. The molecule has 1 aliphatic heterocycles. The van der Waals surface area contributed by atoms with E-state index in [1.165, 1.54) is 6.07 Å². The van der Waals surface area contributed by atoms with Crippen LogP contribution in [0.4, 0.5) is 0 Å². The number of nitrogens with zero attached hydrogens (tertiary/aromatic N) is 1. The predicted molar refractivity (Wildman–Crippen MR) is 70.3 cm³/mol. The molecule has 1 atom stereocenters. The van der Waals surface area contributed by atoms with E-state index >= 15 is 0 Å². The van der Waals surface area contributed by atoms with E-state index in [1.54, 1.807) is 18.2 Å². The number of nitriles is 1. The molecule has 0 amide bonds. The third-order valence-corrected chi connectivity index (χ3v) is 5.37. The number of hydrogen-bond acceptors (Lipinski definition) is 4. The first-order chi connectivity index (χ1) is 8.49. The Hall–Kier alpha value is -0.940. The zero-order chi connectivity index (χ0) is 13.2. The molecule has 2 rings (SSSR count). The van der Waals surface area contributed by atoms with Gasteiger partial charge in [0, 0.05) is 11.0 Å². The Balaban J connectivity index is 2.34. The summed E-state index contributed by atoms with van der Waals surface area (Å²) in [4.78, 5) is 0.145. The molecule has 7 heteroatoms. The Morgan fingerprint density at radius 1 is 1.44 bits per heavy atom. The number of sulfonamides is 1. The van der Waals surface area contributed by atoms with Crippen LogP contribution in [0.2, 0.25) is 0 Å². The lowest BCUT2D eigenvalue weighted by Crippen LogP contribution is -2.48. The van der Waals surface area contributed by atoms with E-state index in [2.05, 4.69) is 32.0 Å². The molecule has 18 heavy (non-hydrogen) atoms. The zero-order valence-electron chi connectivity index (χ0n) is 9.48. The molecule has 0 saturated carbocycles. The van der Waals surface area contributed by atoms with Crippen LogP contribution in [0.15, 0.2) is 33.6 Å². The van der Waals surface area contributed by atoms with Crippen LogP contribution in [0.1, 0.15) is 6.42 Å². The number of benzene rings is 1. The van der Waals surface area contributed by atoms with Gasteiger partial charge in [0.15, 0.2) is 0 Å². The molecular formula is C11H12BrN3O2S. The van der Waals surface area contributed by atoms with Crippen molar-refractivity contribution in [1.29, 1.82) is 5.26 Å². The monoisotopic (exact) mass is 329 g/mol. The fourth-order valence-electron chi connectivity index (χ4n) is 1.87. The molecule has 0 radical (unpaired) electrons. The summed E-state index contributed by atoms with van der Waals surface area (Å²) in [6.07, 6.45) is 0.465. The summed E-state index contributed by atoms with van der Waals surface area (Å²) >= 11 is 3.20. The van der Waals surface area contributed by atoms with Gasteiger partial charge in [0.1, 0.15) is 5.54 Å². The maximum absolute atomic E-state index is 12.3. The molecule has 5 nitrogen and oxygen atoms in total. The fourth-order valence-corrected chi connectivity index (χ4v) is 4.22. The minimum absolute atomic E-state index is 0.145. The molecular weight excluding hydrogens is 318 g/mol. The summed E-state index contributed by atoms with van der Waals surface area (Å²) in [5.41, 5.74) is -1.05. The lowest BCUT2D eigenvalue weighted by molar-refractivity contribution is 0.506. The van der Waals surface area contributed by atoms with Crippen molar-refractivity contribution < 1.29 is 8.42 Å². The normalized spacial score (nSPS) is 23.8. The van der Waals surface area contributed by atoms with Crippen molar-refractivity contribution in [2.75, 3.05) is 13.1 Å². The highest BCUT2D eigenvalue weighted by atomic mass is 79.9. The van der Waals surface area contributed by atoms with E-state index in [1.807, 2.05) is 0 Å². The van der Waals surface area contributed by atoms with E-state index in [-0.39, 0.29) is 4.90 Å². The van der Waals surface area contributed by atoms with Crippen molar-refractivity contribution in [3.05, 3.63) is 28.7 Å². The van der Waals surface area contributed by atoms with Gasteiger partial charge in [-0.1, -0.05) is 12.1 Å². The molecule has 0 unspecified atom stereocenters. The first kappa shape index (κ1) is 13.5. The largest absolute Gasteiger partial charge is 0.314 e.